The van der Waals surface area contributed by atoms with Gasteiger partial charge in [-0.3, -0.25) is 4.90 Å². The van der Waals surface area contributed by atoms with Crippen molar-refractivity contribution in [3.63, 3.8) is 0 Å². The third kappa shape index (κ3) is 5.78. The summed E-state index contributed by atoms with van der Waals surface area (Å²) in [7, 11) is 0. The molecular weight excluding hydrogens is 301 g/mol. The van der Waals surface area contributed by atoms with Crippen molar-refractivity contribution in [2.75, 3.05) is 25.0 Å². The molecule has 8 heteroatoms. The molecule has 2 rings (SSSR count). The first-order valence-corrected chi connectivity index (χ1v) is 8.01. The Bertz CT molecular complexity index is 439. The summed E-state index contributed by atoms with van der Waals surface area (Å²) in [4.78, 5) is 1.46. The van der Waals surface area contributed by atoms with Gasteiger partial charge in [0.1, 0.15) is 5.01 Å². The molecule has 4 nitrogen and oxygen atoms in total. The van der Waals surface area contributed by atoms with Crippen LogP contribution in [0.5, 0.6) is 0 Å². The molecule has 0 aromatic carbocycles. The largest absolute Gasteiger partial charge is 0.401 e. The van der Waals surface area contributed by atoms with E-state index in [1.807, 2.05) is 0 Å². The molecule has 0 spiro atoms. The molecule has 0 saturated carbocycles. The van der Waals surface area contributed by atoms with Gasteiger partial charge in [-0.15, -0.1) is 10.2 Å². The van der Waals surface area contributed by atoms with E-state index in [0.717, 1.165) is 16.6 Å². The van der Waals surface area contributed by atoms with Gasteiger partial charge in [-0.2, -0.15) is 13.2 Å². The van der Waals surface area contributed by atoms with Gasteiger partial charge in [-0.1, -0.05) is 25.2 Å². The van der Waals surface area contributed by atoms with Crippen LogP contribution in [-0.4, -0.2) is 46.9 Å². The molecule has 0 unspecified atom stereocenters. The van der Waals surface area contributed by atoms with Crippen molar-refractivity contribution in [3.05, 3.63) is 5.01 Å². The molecular formula is C13H21F3N4S. The molecule has 1 N–H and O–H groups in total. The molecule has 0 bridgehead atoms. The van der Waals surface area contributed by atoms with Crippen molar-refractivity contribution in [2.45, 2.75) is 45.3 Å². The highest BCUT2D eigenvalue weighted by Crippen LogP contribution is 2.23. The lowest BCUT2D eigenvalue weighted by Gasteiger charge is -2.32. The number of hydrogen-bond donors (Lipinski definition) is 1. The van der Waals surface area contributed by atoms with Crippen LogP contribution in [0.25, 0.3) is 0 Å². The normalized spacial score (nSPS) is 18.4. The minimum atomic E-state index is -4.11. The molecule has 0 amide bonds. The van der Waals surface area contributed by atoms with E-state index in [1.54, 1.807) is 0 Å². The van der Waals surface area contributed by atoms with Crippen molar-refractivity contribution >= 4 is 16.5 Å². The van der Waals surface area contributed by atoms with Crippen molar-refractivity contribution in [2.24, 2.45) is 5.92 Å². The third-order valence-electron chi connectivity index (χ3n) is 3.37. The van der Waals surface area contributed by atoms with Crippen molar-refractivity contribution in [1.29, 1.82) is 0 Å². The first-order chi connectivity index (χ1) is 9.82. The topological polar surface area (TPSA) is 41.1 Å². The number of hydrogen-bond acceptors (Lipinski definition) is 5. The maximum Gasteiger partial charge on any atom is 0.401 e. The number of nitrogens with zero attached hydrogens (tertiary/aromatic N) is 3. The average molecular weight is 322 g/mol. The van der Waals surface area contributed by atoms with E-state index in [4.69, 9.17) is 0 Å². The number of halogens is 3. The van der Waals surface area contributed by atoms with Crippen LogP contribution >= 0.6 is 11.3 Å². The SMILES string of the molecule is CC(C)Cc1nnc(NC2CCN(CC(F)(F)F)CC2)s1. The van der Waals surface area contributed by atoms with Gasteiger partial charge in [0.2, 0.25) is 5.13 Å². The summed E-state index contributed by atoms with van der Waals surface area (Å²) in [5.74, 6) is 0.538. The summed E-state index contributed by atoms with van der Waals surface area (Å²) >= 11 is 1.54. The highest BCUT2D eigenvalue weighted by molar-refractivity contribution is 7.15. The number of anilines is 1. The number of rotatable bonds is 5. The van der Waals surface area contributed by atoms with Gasteiger partial charge in [-0.25, -0.2) is 0 Å². The maximum absolute atomic E-state index is 12.3. The highest BCUT2D eigenvalue weighted by atomic mass is 32.1. The zero-order chi connectivity index (χ0) is 15.5. The van der Waals surface area contributed by atoms with Gasteiger partial charge in [-0.05, 0) is 18.8 Å². The van der Waals surface area contributed by atoms with E-state index in [2.05, 4.69) is 29.4 Å². The number of aromatic nitrogens is 2. The Morgan fingerprint density at radius 1 is 1.29 bits per heavy atom. The summed E-state index contributed by atoms with van der Waals surface area (Å²) in [5, 5.41) is 13.3. The first kappa shape index (κ1) is 16.5. The summed E-state index contributed by atoms with van der Waals surface area (Å²) in [6.07, 6.45) is -1.79. The van der Waals surface area contributed by atoms with Crippen LogP contribution in [0, 0.1) is 5.92 Å². The molecule has 1 aromatic heterocycles. The van der Waals surface area contributed by atoms with E-state index in [9.17, 15) is 13.2 Å². The Morgan fingerprint density at radius 2 is 1.95 bits per heavy atom. The van der Waals surface area contributed by atoms with Crippen molar-refractivity contribution < 1.29 is 13.2 Å². The van der Waals surface area contributed by atoms with Crippen LogP contribution in [0.1, 0.15) is 31.7 Å². The summed E-state index contributed by atoms with van der Waals surface area (Å²) in [5.41, 5.74) is 0. The number of piperidine rings is 1. The molecule has 120 valence electrons. The Labute approximate surface area is 126 Å². The van der Waals surface area contributed by atoms with Gasteiger partial charge in [0.05, 0.1) is 6.54 Å². The monoisotopic (exact) mass is 322 g/mol. The second kappa shape index (κ2) is 6.91. The fourth-order valence-electron chi connectivity index (χ4n) is 2.41. The van der Waals surface area contributed by atoms with Gasteiger partial charge in [0, 0.05) is 25.6 Å². The van der Waals surface area contributed by atoms with Crippen molar-refractivity contribution in [1.82, 2.24) is 15.1 Å². The smallest absolute Gasteiger partial charge is 0.357 e. The van der Waals surface area contributed by atoms with E-state index in [0.29, 0.717) is 31.8 Å². The molecule has 1 fully saturated rings. The van der Waals surface area contributed by atoms with Gasteiger partial charge >= 0.3 is 6.18 Å². The molecule has 1 aliphatic rings. The lowest BCUT2D eigenvalue weighted by Crippen LogP contribution is -2.43. The standard InChI is InChI=1S/C13H21F3N4S/c1-9(2)7-11-18-19-12(21-11)17-10-3-5-20(6-4-10)8-13(14,15)16/h9-10H,3-8H2,1-2H3,(H,17,19). The average Bonchev–Trinajstić information content (AvgIpc) is 2.76. The number of alkyl halides is 3. The molecule has 2 heterocycles. The second-order valence-corrected chi connectivity index (χ2v) is 6.97. The Balaban J connectivity index is 1.77. The molecule has 1 aromatic rings. The molecule has 0 radical (unpaired) electrons. The van der Waals surface area contributed by atoms with Gasteiger partial charge < -0.3 is 5.32 Å². The molecule has 0 aliphatic carbocycles. The van der Waals surface area contributed by atoms with Crippen molar-refractivity contribution in [3.8, 4) is 0 Å². The summed E-state index contributed by atoms with van der Waals surface area (Å²) < 4.78 is 37.0. The molecule has 0 atom stereocenters. The predicted octanol–water partition coefficient (Wildman–Crippen LogP) is 3.18. The van der Waals surface area contributed by atoms with Crippen LogP contribution in [0.4, 0.5) is 18.3 Å². The number of likely N-dealkylation sites (tertiary alicyclic amines) is 1. The Morgan fingerprint density at radius 3 is 2.52 bits per heavy atom. The first-order valence-electron chi connectivity index (χ1n) is 7.20. The Hall–Kier alpha value is -0.890. The maximum atomic E-state index is 12.3. The summed E-state index contributed by atoms with van der Waals surface area (Å²) in [6.45, 7) is 4.39. The third-order valence-corrected chi connectivity index (χ3v) is 4.24. The fraction of sp³-hybridized carbons (Fsp3) is 0.846. The fourth-order valence-corrected chi connectivity index (χ4v) is 3.44. The molecule has 1 aliphatic heterocycles. The zero-order valence-corrected chi connectivity index (χ0v) is 13.1. The summed E-state index contributed by atoms with van der Waals surface area (Å²) in [6, 6.07) is 0.189. The van der Waals surface area contributed by atoms with Crippen LogP contribution in [0.15, 0.2) is 0 Å². The lowest BCUT2D eigenvalue weighted by atomic mass is 10.1. The lowest BCUT2D eigenvalue weighted by molar-refractivity contribution is -0.147. The van der Waals surface area contributed by atoms with Gasteiger partial charge in [0.25, 0.3) is 0 Å². The quantitative estimate of drug-likeness (QED) is 0.904. The minimum Gasteiger partial charge on any atom is -0.357 e. The van der Waals surface area contributed by atoms with Crippen LogP contribution in [0.2, 0.25) is 0 Å². The van der Waals surface area contributed by atoms with Crippen LogP contribution < -0.4 is 5.32 Å². The van der Waals surface area contributed by atoms with E-state index in [-0.39, 0.29) is 6.04 Å². The van der Waals surface area contributed by atoms with Crippen LogP contribution in [-0.2, 0) is 6.42 Å². The predicted molar refractivity (Wildman–Crippen MR) is 77.6 cm³/mol. The Kier molecular flexibility index (Phi) is 5.43. The van der Waals surface area contributed by atoms with E-state index < -0.39 is 12.7 Å². The van der Waals surface area contributed by atoms with Crippen LogP contribution in [0.3, 0.4) is 0 Å². The number of nitrogens with one attached hydrogen (secondary N) is 1. The zero-order valence-electron chi connectivity index (χ0n) is 12.3. The second-order valence-electron chi connectivity index (χ2n) is 5.91. The van der Waals surface area contributed by atoms with E-state index >= 15 is 0 Å². The molecule has 21 heavy (non-hydrogen) atoms. The highest BCUT2D eigenvalue weighted by Gasteiger charge is 2.32. The minimum absolute atomic E-state index is 0.189. The molecule has 1 saturated heterocycles. The van der Waals surface area contributed by atoms with E-state index in [1.165, 1.54) is 16.2 Å². The van der Waals surface area contributed by atoms with Gasteiger partial charge in [0.15, 0.2) is 0 Å².